The van der Waals surface area contributed by atoms with Crippen LogP contribution in [0.1, 0.15) is 48.2 Å². The van der Waals surface area contributed by atoms with E-state index in [2.05, 4.69) is 60.5 Å². The first-order valence-corrected chi connectivity index (χ1v) is 8.69. The van der Waals surface area contributed by atoms with Crippen molar-refractivity contribution in [2.24, 2.45) is 0 Å². The summed E-state index contributed by atoms with van der Waals surface area (Å²) in [4.78, 5) is 3.64. The molecule has 2 aromatic carbocycles. The molecule has 1 aromatic heterocycles. The summed E-state index contributed by atoms with van der Waals surface area (Å²) in [6.45, 7) is 5.46. The van der Waals surface area contributed by atoms with Crippen molar-refractivity contribution in [3.63, 3.8) is 0 Å². The zero-order valence-electron chi connectivity index (χ0n) is 14.5. The Bertz CT molecular complexity index is 861. The minimum absolute atomic E-state index is 0.230. The highest BCUT2D eigenvalue weighted by Crippen LogP contribution is 2.35. The first kappa shape index (κ1) is 15.3. The second kappa shape index (κ2) is 5.99. The fraction of sp³-hybridized carbons (Fsp3) is 0.333. The van der Waals surface area contributed by atoms with Gasteiger partial charge in [-0.3, -0.25) is 0 Å². The summed E-state index contributed by atoms with van der Waals surface area (Å²) in [5.74, 6) is 1.48. The van der Waals surface area contributed by atoms with Gasteiger partial charge in [0.2, 0.25) is 0 Å². The number of benzene rings is 2. The molecule has 24 heavy (non-hydrogen) atoms. The summed E-state index contributed by atoms with van der Waals surface area (Å²) in [5.41, 5.74) is 6.60. The molecule has 0 bridgehead atoms. The average molecular weight is 320 g/mol. The van der Waals surface area contributed by atoms with Crippen molar-refractivity contribution in [2.45, 2.75) is 32.2 Å². The van der Waals surface area contributed by atoms with Crippen LogP contribution in [0.5, 0.6) is 5.75 Å². The molecular weight excluding hydrogens is 296 g/mol. The largest absolute Gasteiger partial charge is 0.497 e. The lowest BCUT2D eigenvalue weighted by Gasteiger charge is -2.25. The zero-order valence-corrected chi connectivity index (χ0v) is 14.5. The Labute approximate surface area is 143 Å². The lowest BCUT2D eigenvalue weighted by atomic mass is 9.92. The second-order valence-electron chi connectivity index (χ2n) is 6.89. The predicted molar refractivity (Wildman–Crippen MR) is 98.9 cm³/mol. The molecule has 0 amide bonds. The van der Waals surface area contributed by atoms with Crippen molar-refractivity contribution in [1.29, 1.82) is 0 Å². The molecule has 4 rings (SSSR count). The van der Waals surface area contributed by atoms with Crippen molar-refractivity contribution in [3.8, 4) is 5.75 Å². The van der Waals surface area contributed by atoms with Gasteiger partial charge in [0.05, 0.1) is 13.2 Å². The molecule has 3 heteroatoms. The van der Waals surface area contributed by atoms with Gasteiger partial charge in [0.25, 0.3) is 0 Å². The molecule has 3 nitrogen and oxygen atoms in total. The fourth-order valence-corrected chi connectivity index (χ4v) is 3.69. The highest BCUT2D eigenvalue weighted by Gasteiger charge is 2.25. The standard InChI is InChI=1S/C21H24N2O/c1-13(2)14-4-6-15(7-5-14)20-21-17(10-11-22-20)18-12-16(24-3)8-9-19(18)23-21/h4-9,12-13,20,22-23H,10-11H2,1-3H3. The number of ether oxygens (including phenoxy) is 1. The third kappa shape index (κ3) is 2.49. The van der Waals surface area contributed by atoms with Crippen LogP contribution in [0.15, 0.2) is 42.5 Å². The molecule has 1 aliphatic heterocycles. The van der Waals surface area contributed by atoms with Crippen LogP contribution >= 0.6 is 0 Å². The van der Waals surface area contributed by atoms with Gasteiger partial charge in [-0.1, -0.05) is 38.1 Å². The van der Waals surface area contributed by atoms with E-state index in [1.165, 1.54) is 33.3 Å². The Morgan fingerprint density at radius 1 is 1.08 bits per heavy atom. The van der Waals surface area contributed by atoms with Gasteiger partial charge >= 0.3 is 0 Å². The van der Waals surface area contributed by atoms with Crippen molar-refractivity contribution in [1.82, 2.24) is 10.3 Å². The Hall–Kier alpha value is -2.26. The van der Waals surface area contributed by atoms with E-state index in [1.54, 1.807) is 7.11 Å². The van der Waals surface area contributed by atoms with Crippen molar-refractivity contribution < 1.29 is 4.74 Å². The molecule has 0 saturated carbocycles. The van der Waals surface area contributed by atoms with Crippen LogP contribution < -0.4 is 10.1 Å². The fourth-order valence-electron chi connectivity index (χ4n) is 3.69. The van der Waals surface area contributed by atoms with Crippen LogP contribution in [-0.4, -0.2) is 18.6 Å². The minimum atomic E-state index is 0.230. The topological polar surface area (TPSA) is 37.0 Å². The predicted octanol–water partition coefficient (Wildman–Crippen LogP) is 4.54. The molecule has 2 heterocycles. The lowest BCUT2D eigenvalue weighted by molar-refractivity contribution is 0.415. The third-order valence-electron chi connectivity index (χ3n) is 5.09. The maximum absolute atomic E-state index is 5.40. The van der Waals surface area contributed by atoms with Gasteiger partial charge in [-0.25, -0.2) is 0 Å². The zero-order chi connectivity index (χ0) is 16.7. The van der Waals surface area contributed by atoms with Gasteiger partial charge in [0.1, 0.15) is 5.75 Å². The van der Waals surface area contributed by atoms with E-state index >= 15 is 0 Å². The van der Waals surface area contributed by atoms with E-state index < -0.39 is 0 Å². The second-order valence-corrected chi connectivity index (χ2v) is 6.89. The van der Waals surface area contributed by atoms with Gasteiger partial charge in [0, 0.05) is 23.1 Å². The molecule has 0 aliphatic carbocycles. The van der Waals surface area contributed by atoms with Gasteiger partial charge in [0.15, 0.2) is 0 Å². The maximum atomic E-state index is 5.40. The first-order valence-electron chi connectivity index (χ1n) is 8.69. The maximum Gasteiger partial charge on any atom is 0.119 e. The number of aromatic amines is 1. The summed E-state index contributed by atoms with van der Waals surface area (Å²) in [7, 11) is 1.72. The summed E-state index contributed by atoms with van der Waals surface area (Å²) >= 11 is 0. The number of rotatable bonds is 3. The SMILES string of the molecule is COc1ccc2[nH]c3c(c2c1)CCNC3c1ccc(C(C)C)cc1. The van der Waals surface area contributed by atoms with E-state index in [0.717, 1.165) is 18.7 Å². The highest BCUT2D eigenvalue weighted by molar-refractivity contribution is 5.86. The van der Waals surface area contributed by atoms with Crippen LogP contribution in [0, 0.1) is 0 Å². The van der Waals surface area contributed by atoms with Crippen molar-refractivity contribution in [3.05, 3.63) is 64.8 Å². The average Bonchev–Trinajstić information content (AvgIpc) is 2.99. The quantitative estimate of drug-likeness (QED) is 0.743. The number of methoxy groups -OCH3 is 1. The molecule has 0 fully saturated rings. The number of fused-ring (bicyclic) bond motifs is 3. The Kier molecular flexibility index (Phi) is 3.81. The van der Waals surface area contributed by atoms with E-state index in [4.69, 9.17) is 4.74 Å². The highest BCUT2D eigenvalue weighted by atomic mass is 16.5. The molecule has 1 unspecified atom stereocenters. The van der Waals surface area contributed by atoms with E-state index in [1.807, 2.05) is 6.07 Å². The number of nitrogens with one attached hydrogen (secondary N) is 2. The number of aromatic nitrogens is 1. The van der Waals surface area contributed by atoms with Gasteiger partial charge in [-0.15, -0.1) is 0 Å². The summed E-state index contributed by atoms with van der Waals surface area (Å²) in [6, 6.07) is 15.5. The molecule has 2 N–H and O–H groups in total. The van der Waals surface area contributed by atoms with Crippen molar-refractivity contribution >= 4 is 10.9 Å². The Balaban J connectivity index is 1.78. The van der Waals surface area contributed by atoms with Crippen LogP contribution in [-0.2, 0) is 6.42 Å². The van der Waals surface area contributed by atoms with Crippen LogP contribution in [0.4, 0.5) is 0 Å². The van der Waals surface area contributed by atoms with Gasteiger partial charge in [-0.2, -0.15) is 0 Å². The van der Waals surface area contributed by atoms with E-state index in [9.17, 15) is 0 Å². The number of hydrogen-bond donors (Lipinski definition) is 2. The third-order valence-corrected chi connectivity index (χ3v) is 5.09. The van der Waals surface area contributed by atoms with Gasteiger partial charge in [-0.05, 0) is 47.2 Å². The number of H-pyrrole nitrogens is 1. The molecule has 0 saturated heterocycles. The lowest BCUT2D eigenvalue weighted by Crippen LogP contribution is -2.30. The molecular formula is C21H24N2O. The Morgan fingerprint density at radius 2 is 1.88 bits per heavy atom. The summed E-state index contributed by atoms with van der Waals surface area (Å²) in [6.07, 6.45) is 1.04. The smallest absolute Gasteiger partial charge is 0.119 e. The van der Waals surface area contributed by atoms with E-state index in [-0.39, 0.29) is 6.04 Å². The van der Waals surface area contributed by atoms with Crippen LogP contribution in [0.25, 0.3) is 10.9 Å². The summed E-state index contributed by atoms with van der Waals surface area (Å²) < 4.78 is 5.40. The number of hydrogen-bond acceptors (Lipinski definition) is 2. The monoisotopic (exact) mass is 320 g/mol. The molecule has 124 valence electrons. The first-order chi connectivity index (χ1) is 11.7. The molecule has 0 radical (unpaired) electrons. The van der Waals surface area contributed by atoms with Crippen LogP contribution in [0.3, 0.4) is 0 Å². The molecule has 1 atom stereocenters. The summed E-state index contributed by atoms with van der Waals surface area (Å²) in [5, 5.41) is 4.95. The van der Waals surface area contributed by atoms with Crippen molar-refractivity contribution in [2.75, 3.05) is 13.7 Å². The van der Waals surface area contributed by atoms with E-state index in [0.29, 0.717) is 5.92 Å². The Morgan fingerprint density at radius 3 is 2.58 bits per heavy atom. The van der Waals surface area contributed by atoms with Crippen LogP contribution in [0.2, 0.25) is 0 Å². The molecule has 0 spiro atoms. The normalized spacial score (nSPS) is 17.2. The molecule has 3 aromatic rings. The van der Waals surface area contributed by atoms with Gasteiger partial charge < -0.3 is 15.0 Å². The minimum Gasteiger partial charge on any atom is -0.497 e. The molecule has 1 aliphatic rings.